The van der Waals surface area contributed by atoms with E-state index in [1.807, 2.05) is 11.0 Å². The molecule has 0 aliphatic carbocycles. The highest BCUT2D eigenvalue weighted by molar-refractivity contribution is 5.85. The Hall–Kier alpha value is -1.04. The van der Waals surface area contributed by atoms with Crippen LogP contribution >= 0.6 is 12.4 Å². The number of rotatable bonds is 7. The maximum atomic E-state index is 14.2. The highest BCUT2D eigenvalue weighted by Crippen LogP contribution is 2.32. The molecule has 1 aliphatic rings. The average molecular weight is 349 g/mol. The lowest BCUT2D eigenvalue weighted by Gasteiger charge is -2.35. The van der Waals surface area contributed by atoms with Gasteiger partial charge in [0.2, 0.25) is 0 Å². The zero-order valence-corrected chi connectivity index (χ0v) is 14.0. The summed E-state index contributed by atoms with van der Waals surface area (Å²) < 4.78 is 41.9. The molecule has 0 radical (unpaired) electrons. The van der Waals surface area contributed by atoms with Gasteiger partial charge in [-0.1, -0.05) is 12.5 Å². The van der Waals surface area contributed by atoms with Crippen molar-refractivity contribution in [2.45, 2.75) is 31.7 Å². The first-order valence-electron chi connectivity index (χ1n) is 7.84. The molecule has 1 saturated heterocycles. The summed E-state index contributed by atoms with van der Waals surface area (Å²) >= 11 is 0. The van der Waals surface area contributed by atoms with E-state index in [9.17, 15) is 13.2 Å². The van der Waals surface area contributed by atoms with Crippen molar-refractivity contribution in [2.24, 2.45) is 0 Å². The van der Waals surface area contributed by atoms with Crippen LogP contribution in [0.15, 0.2) is 24.8 Å². The molecule has 0 unspecified atom stereocenters. The molecule has 1 fully saturated rings. The molecule has 0 bridgehead atoms. The van der Waals surface area contributed by atoms with Gasteiger partial charge in [0.15, 0.2) is 11.6 Å². The standard InChI is InChI=1S/C17H23F3N2.ClH/c1-2-3-4-5-6-15(22-11-9-21-10-12-22)16-13(18)7-8-14(19)17(16)20;/h2,7-8,15,21H,1,3-6,9-12H2;1H/t15-;/m0./s1. The van der Waals surface area contributed by atoms with Crippen molar-refractivity contribution in [3.63, 3.8) is 0 Å². The van der Waals surface area contributed by atoms with Crippen molar-refractivity contribution in [3.8, 4) is 0 Å². The van der Waals surface area contributed by atoms with Crippen molar-refractivity contribution < 1.29 is 13.2 Å². The van der Waals surface area contributed by atoms with Crippen molar-refractivity contribution in [3.05, 3.63) is 47.8 Å². The van der Waals surface area contributed by atoms with Crippen molar-refractivity contribution in [1.29, 1.82) is 0 Å². The largest absolute Gasteiger partial charge is 0.314 e. The lowest BCUT2D eigenvalue weighted by molar-refractivity contribution is 0.155. The molecule has 2 nitrogen and oxygen atoms in total. The Bertz CT molecular complexity index is 505. The van der Waals surface area contributed by atoms with E-state index in [1.54, 1.807) is 0 Å². The normalized spacial score (nSPS) is 16.7. The molecule has 1 aromatic carbocycles. The number of hydrogen-bond donors (Lipinski definition) is 1. The van der Waals surface area contributed by atoms with E-state index in [-0.39, 0.29) is 18.0 Å². The van der Waals surface area contributed by atoms with Crippen molar-refractivity contribution in [1.82, 2.24) is 10.2 Å². The van der Waals surface area contributed by atoms with E-state index in [1.165, 1.54) is 0 Å². The van der Waals surface area contributed by atoms with Crippen LogP contribution in [0.2, 0.25) is 0 Å². The maximum absolute atomic E-state index is 14.2. The van der Waals surface area contributed by atoms with Gasteiger partial charge >= 0.3 is 0 Å². The number of allylic oxidation sites excluding steroid dienone is 1. The molecule has 1 aromatic rings. The van der Waals surface area contributed by atoms with E-state index in [0.29, 0.717) is 19.5 Å². The molecule has 1 aliphatic heterocycles. The molecule has 0 aromatic heterocycles. The second-order valence-corrected chi connectivity index (χ2v) is 5.63. The Morgan fingerprint density at radius 1 is 1.13 bits per heavy atom. The van der Waals surface area contributed by atoms with Gasteiger partial charge in [0.1, 0.15) is 5.82 Å². The van der Waals surface area contributed by atoms with Gasteiger partial charge in [-0.25, -0.2) is 13.2 Å². The lowest BCUT2D eigenvalue weighted by atomic mass is 9.96. The van der Waals surface area contributed by atoms with Crippen LogP contribution in [-0.2, 0) is 0 Å². The summed E-state index contributed by atoms with van der Waals surface area (Å²) in [5.74, 6) is -2.69. The number of halogens is 4. The SMILES string of the molecule is C=CCCCC[C@@H](c1c(F)ccc(F)c1F)N1CCNCC1.Cl. The maximum Gasteiger partial charge on any atom is 0.166 e. The summed E-state index contributed by atoms with van der Waals surface area (Å²) in [6.45, 7) is 6.66. The summed E-state index contributed by atoms with van der Waals surface area (Å²) in [6.07, 6.45) is 5.08. The van der Waals surface area contributed by atoms with Gasteiger partial charge in [-0.15, -0.1) is 19.0 Å². The summed E-state index contributed by atoms with van der Waals surface area (Å²) in [5, 5.41) is 3.22. The fourth-order valence-electron chi connectivity index (χ4n) is 2.98. The van der Waals surface area contributed by atoms with Gasteiger partial charge in [-0.05, 0) is 31.4 Å². The third kappa shape index (κ3) is 5.23. The van der Waals surface area contributed by atoms with Gasteiger partial charge in [-0.2, -0.15) is 0 Å². The van der Waals surface area contributed by atoms with Crippen LogP contribution in [-0.4, -0.2) is 31.1 Å². The van der Waals surface area contributed by atoms with E-state index < -0.39 is 23.5 Å². The molecule has 6 heteroatoms. The second kappa shape index (κ2) is 9.96. The molecule has 130 valence electrons. The monoisotopic (exact) mass is 348 g/mol. The van der Waals surface area contributed by atoms with Crippen molar-refractivity contribution in [2.75, 3.05) is 26.2 Å². The van der Waals surface area contributed by atoms with Crippen LogP contribution in [0.3, 0.4) is 0 Å². The number of piperazine rings is 1. The highest BCUT2D eigenvalue weighted by atomic mass is 35.5. The minimum Gasteiger partial charge on any atom is -0.314 e. The van der Waals surface area contributed by atoms with Gasteiger partial charge in [-0.3, -0.25) is 4.90 Å². The Labute approximate surface area is 142 Å². The lowest BCUT2D eigenvalue weighted by Crippen LogP contribution is -2.45. The minimum absolute atomic E-state index is 0. The second-order valence-electron chi connectivity index (χ2n) is 5.63. The number of nitrogens with one attached hydrogen (secondary N) is 1. The van der Waals surface area contributed by atoms with Crippen LogP contribution in [0.25, 0.3) is 0 Å². The molecule has 0 amide bonds. The number of hydrogen-bond acceptors (Lipinski definition) is 2. The Balaban J connectivity index is 0.00000264. The third-order valence-electron chi connectivity index (χ3n) is 4.14. The molecule has 1 N–H and O–H groups in total. The predicted octanol–water partition coefficient (Wildman–Crippen LogP) is 4.22. The Morgan fingerprint density at radius 2 is 1.78 bits per heavy atom. The molecule has 2 rings (SSSR count). The molecular weight excluding hydrogens is 325 g/mol. The van der Waals surface area contributed by atoms with Crippen LogP contribution in [0.1, 0.15) is 37.3 Å². The van der Waals surface area contributed by atoms with E-state index in [0.717, 1.165) is 44.5 Å². The molecule has 0 spiro atoms. The fraction of sp³-hybridized carbons (Fsp3) is 0.529. The summed E-state index contributed by atoms with van der Waals surface area (Å²) in [5.41, 5.74) is -0.125. The zero-order valence-electron chi connectivity index (χ0n) is 13.2. The van der Waals surface area contributed by atoms with Crippen LogP contribution < -0.4 is 5.32 Å². The fourth-order valence-corrected chi connectivity index (χ4v) is 2.98. The molecule has 1 heterocycles. The first kappa shape index (κ1) is 20.0. The molecule has 1 atom stereocenters. The third-order valence-corrected chi connectivity index (χ3v) is 4.14. The smallest absolute Gasteiger partial charge is 0.166 e. The molecule has 23 heavy (non-hydrogen) atoms. The molecule has 0 saturated carbocycles. The van der Waals surface area contributed by atoms with E-state index >= 15 is 0 Å². The van der Waals surface area contributed by atoms with E-state index in [2.05, 4.69) is 11.9 Å². The van der Waals surface area contributed by atoms with Crippen LogP contribution in [0, 0.1) is 17.5 Å². The van der Waals surface area contributed by atoms with Gasteiger partial charge in [0.05, 0.1) is 0 Å². The first-order chi connectivity index (χ1) is 10.6. The topological polar surface area (TPSA) is 15.3 Å². The summed E-state index contributed by atoms with van der Waals surface area (Å²) in [7, 11) is 0. The van der Waals surface area contributed by atoms with Gasteiger partial charge in [0.25, 0.3) is 0 Å². The van der Waals surface area contributed by atoms with Crippen LogP contribution in [0.5, 0.6) is 0 Å². The summed E-state index contributed by atoms with van der Waals surface area (Å²) in [4.78, 5) is 2.05. The summed E-state index contributed by atoms with van der Waals surface area (Å²) in [6, 6.07) is 1.45. The van der Waals surface area contributed by atoms with Gasteiger partial charge in [0, 0.05) is 37.8 Å². The quantitative estimate of drug-likeness (QED) is 0.451. The van der Waals surface area contributed by atoms with E-state index in [4.69, 9.17) is 0 Å². The van der Waals surface area contributed by atoms with Gasteiger partial charge < -0.3 is 5.32 Å². The van der Waals surface area contributed by atoms with Crippen LogP contribution in [0.4, 0.5) is 13.2 Å². The number of benzene rings is 1. The first-order valence-corrected chi connectivity index (χ1v) is 7.84. The highest BCUT2D eigenvalue weighted by Gasteiger charge is 2.28. The average Bonchev–Trinajstić information content (AvgIpc) is 2.54. The number of nitrogens with zero attached hydrogens (tertiary/aromatic N) is 1. The minimum atomic E-state index is -1.05. The van der Waals surface area contributed by atoms with Crippen molar-refractivity contribution >= 4 is 12.4 Å². The number of unbranched alkanes of at least 4 members (excludes halogenated alkanes) is 2. The Morgan fingerprint density at radius 3 is 2.43 bits per heavy atom. The zero-order chi connectivity index (χ0) is 15.9. The Kier molecular flexibility index (Phi) is 8.66. The molecular formula is C17H24ClF3N2. The predicted molar refractivity (Wildman–Crippen MR) is 89.4 cm³/mol.